The third-order valence-electron chi connectivity index (χ3n) is 2.91. The zero-order valence-corrected chi connectivity index (χ0v) is 10.1. The highest BCUT2D eigenvalue weighted by Gasteiger charge is 2.23. The van der Waals surface area contributed by atoms with E-state index < -0.39 is 0 Å². The molecule has 16 heavy (non-hydrogen) atoms. The van der Waals surface area contributed by atoms with E-state index in [0.29, 0.717) is 13.0 Å². The molecule has 3 nitrogen and oxygen atoms in total. The maximum atomic E-state index is 11.7. The number of β-amino-alcohol motifs (C(OH)–C–C–N with tert-alkyl or cyclic N) is 1. The number of carbonyl (C=O) groups is 1. The van der Waals surface area contributed by atoms with E-state index in [9.17, 15) is 9.90 Å². The van der Waals surface area contributed by atoms with Gasteiger partial charge in [0.15, 0.2) is 0 Å². The summed E-state index contributed by atoms with van der Waals surface area (Å²) in [5.74, 6) is 0.188. The average Bonchev–Trinajstić information content (AvgIpc) is 2.89. The third kappa shape index (κ3) is 3.06. The van der Waals surface area contributed by atoms with E-state index >= 15 is 0 Å². The van der Waals surface area contributed by atoms with E-state index in [0.717, 1.165) is 25.8 Å². The second-order valence-electron chi connectivity index (χ2n) is 4.22. The summed E-state index contributed by atoms with van der Waals surface area (Å²) in [6, 6.07) is 4.15. The van der Waals surface area contributed by atoms with Crippen LogP contribution >= 0.6 is 11.3 Å². The standard InChI is InChI=1S/C12H17NO2S/c14-10-6-7-13(9-10)12(15)5-1-3-11-4-2-8-16-11/h2,4,8,10,14H,1,3,5-7,9H2/t10-/m0/s1. The summed E-state index contributed by atoms with van der Waals surface area (Å²) < 4.78 is 0. The first-order valence-corrected chi connectivity index (χ1v) is 6.62. The first-order valence-electron chi connectivity index (χ1n) is 5.74. The molecule has 2 rings (SSSR count). The molecule has 1 atom stereocenters. The zero-order valence-electron chi connectivity index (χ0n) is 9.26. The van der Waals surface area contributed by atoms with Gasteiger partial charge in [-0.3, -0.25) is 4.79 Å². The number of nitrogens with zero attached hydrogens (tertiary/aromatic N) is 1. The van der Waals surface area contributed by atoms with Crippen molar-refractivity contribution < 1.29 is 9.90 Å². The van der Waals surface area contributed by atoms with Crippen molar-refractivity contribution in [2.75, 3.05) is 13.1 Å². The van der Waals surface area contributed by atoms with Crippen LogP contribution in [0.15, 0.2) is 17.5 Å². The number of rotatable bonds is 4. The lowest BCUT2D eigenvalue weighted by Crippen LogP contribution is -2.29. The molecule has 1 N–H and O–H groups in total. The van der Waals surface area contributed by atoms with Crippen molar-refractivity contribution in [3.05, 3.63) is 22.4 Å². The maximum Gasteiger partial charge on any atom is 0.222 e. The number of aliphatic hydroxyl groups is 1. The molecule has 0 spiro atoms. The van der Waals surface area contributed by atoms with Gasteiger partial charge in [0.25, 0.3) is 0 Å². The molecule has 4 heteroatoms. The Kier molecular flexibility index (Phi) is 3.96. The zero-order chi connectivity index (χ0) is 11.4. The molecule has 88 valence electrons. The predicted molar refractivity (Wildman–Crippen MR) is 64.5 cm³/mol. The van der Waals surface area contributed by atoms with Crippen molar-refractivity contribution in [1.29, 1.82) is 0 Å². The number of thiophene rings is 1. The van der Waals surface area contributed by atoms with Gasteiger partial charge in [-0.2, -0.15) is 0 Å². The Morgan fingerprint density at radius 3 is 3.12 bits per heavy atom. The van der Waals surface area contributed by atoms with Crippen molar-refractivity contribution in [3.63, 3.8) is 0 Å². The van der Waals surface area contributed by atoms with Crippen LogP contribution in [0.1, 0.15) is 24.1 Å². The Balaban J connectivity index is 1.68. The molecule has 0 aliphatic carbocycles. The van der Waals surface area contributed by atoms with Crippen LogP contribution in [-0.4, -0.2) is 35.1 Å². The first-order chi connectivity index (χ1) is 7.75. The van der Waals surface area contributed by atoms with Gasteiger partial charge in [0.2, 0.25) is 5.91 Å². The van der Waals surface area contributed by atoms with Gasteiger partial charge in [-0.25, -0.2) is 0 Å². The number of hydrogen-bond acceptors (Lipinski definition) is 3. The van der Waals surface area contributed by atoms with Gasteiger partial charge in [-0.15, -0.1) is 11.3 Å². The quantitative estimate of drug-likeness (QED) is 0.868. The SMILES string of the molecule is O=C(CCCc1cccs1)N1CC[C@H](O)C1. The molecule has 0 unspecified atom stereocenters. The summed E-state index contributed by atoms with van der Waals surface area (Å²) in [6.07, 6.45) is 2.92. The average molecular weight is 239 g/mol. The van der Waals surface area contributed by atoms with Crippen molar-refractivity contribution in [3.8, 4) is 0 Å². The number of hydrogen-bond donors (Lipinski definition) is 1. The maximum absolute atomic E-state index is 11.7. The fourth-order valence-corrected chi connectivity index (χ4v) is 2.75. The highest BCUT2D eigenvalue weighted by atomic mass is 32.1. The largest absolute Gasteiger partial charge is 0.391 e. The molecular formula is C12H17NO2S. The van der Waals surface area contributed by atoms with E-state index in [4.69, 9.17) is 0 Å². The summed E-state index contributed by atoms with van der Waals surface area (Å²) in [7, 11) is 0. The Labute approximate surface area is 99.7 Å². The summed E-state index contributed by atoms with van der Waals surface area (Å²) in [5.41, 5.74) is 0. The summed E-state index contributed by atoms with van der Waals surface area (Å²) in [6.45, 7) is 1.25. The van der Waals surface area contributed by atoms with E-state index in [1.54, 1.807) is 16.2 Å². The fourth-order valence-electron chi connectivity index (χ4n) is 2.00. The third-order valence-corrected chi connectivity index (χ3v) is 3.85. The van der Waals surface area contributed by atoms with Crippen LogP contribution in [0.3, 0.4) is 0 Å². The second-order valence-corrected chi connectivity index (χ2v) is 5.25. The Morgan fingerprint density at radius 2 is 2.50 bits per heavy atom. The van der Waals surface area contributed by atoms with E-state index in [1.165, 1.54) is 4.88 Å². The van der Waals surface area contributed by atoms with Crippen molar-refractivity contribution >= 4 is 17.2 Å². The minimum Gasteiger partial charge on any atom is -0.391 e. The Morgan fingerprint density at radius 1 is 1.62 bits per heavy atom. The lowest BCUT2D eigenvalue weighted by atomic mass is 10.2. The van der Waals surface area contributed by atoms with Crippen LogP contribution in [0.5, 0.6) is 0 Å². The van der Waals surface area contributed by atoms with Crippen molar-refractivity contribution in [1.82, 2.24) is 4.90 Å². The highest BCUT2D eigenvalue weighted by molar-refractivity contribution is 7.09. The van der Waals surface area contributed by atoms with Crippen LogP contribution in [0, 0.1) is 0 Å². The minimum atomic E-state index is -0.304. The van der Waals surface area contributed by atoms with Crippen LogP contribution in [0.25, 0.3) is 0 Å². The molecule has 0 radical (unpaired) electrons. The molecule has 1 aliphatic rings. The van der Waals surface area contributed by atoms with E-state index in [2.05, 4.69) is 11.4 Å². The monoisotopic (exact) mass is 239 g/mol. The predicted octanol–water partition coefficient (Wildman–Crippen LogP) is 1.66. The second kappa shape index (κ2) is 5.46. The normalized spacial score (nSPS) is 20.3. The van der Waals surface area contributed by atoms with Crippen LogP contribution < -0.4 is 0 Å². The molecule has 1 aliphatic heterocycles. The van der Waals surface area contributed by atoms with Crippen LogP contribution in [0.4, 0.5) is 0 Å². The molecule has 0 aromatic carbocycles. The number of carbonyl (C=O) groups excluding carboxylic acids is 1. The van der Waals surface area contributed by atoms with Gasteiger partial charge in [0, 0.05) is 24.4 Å². The molecule has 1 aromatic heterocycles. The van der Waals surface area contributed by atoms with E-state index in [1.807, 2.05) is 6.07 Å². The van der Waals surface area contributed by atoms with E-state index in [-0.39, 0.29) is 12.0 Å². The minimum absolute atomic E-state index is 0.188. The van der Waals surface area contributed by atoms with Crippen LogP contribution in [0.2, 0.25) is 0 Å². The molecule has 2 heterocycles. The first kappa shape index (κ1) is 11.6. The number of amides is 1. The molecule has 1 amide bonds. The summed E-state index contributed by atoms with van der Waals surface area (Å²) in [5, 5.41) is 11.4. The number of aryl methyl sites for hydroxylation is 1. The van der Waals surface area contributed by atoms with Gasteiger partial charge in [-0.1, -0.05) is 6.07 Å². The lowest BCUT2D eigenvalue weighted by molar-refractivity contribution is -0.130. The van der Waals surface area contributed by atoms with Crippen molar-refractivity contribution in [2.24, 2.45) is 0 Å². The Bertz CT molecular complexity index is 337. The van der Waals surface area contributed by atoms with Gasteiger partial charge in [0.1, 0.15) is 0 Å². The smallest absolute Gasteiger partial charge is 0.222 e. The van der Waals surface area contributed by atoms with Gasteiger partial charge in [-0.05, 0) is 30.7 Å². The molecule has 1 fully saturated rings. The number of aliphatic hydroxyl groups excluding tert-OH is 1. The lowest BCUT2D eigenvalue weighted by Gasteiger charge is -2.14. The number of likely N-dealkylation sites (tertiary alicyclic amines) is 1. The fraction of sp³-hybridized carbons (Fsp3) is 0.583. The van der Waals surface area contributed by atoms with Crippen molar-refractivity contribution in [2.45, 2.75) is 31.8 Å². The topological polar surface area (TPSA) is 40.5 Å². The summed E-state index contributed by atoms with van der Waals surface area (Å²) >= 11 is 1.74. The molecule has 0 bridgehead atoms. The Hall–Kier alpha value is -0.870. The van der Waals surface area contributed by atoms with Gasteiger partial charge in [0.05, 0.1) is 6.10 Å². The molecule has 1 saturated heterocycles. The molecule has 0 saturated carbocycles. The van der Waals surface area contributed by atoms with Gasteiger partial charge < -0.3 is 10.0 Å². The summed E-state index contributed by atoms with van der Waals surface area (Å²) in [4.78, 5) is 14.9. The van der Waals surface area contributed by atoms with Crippen LogP contribution in [-0.2, 0) is 11.2 Å². The molecular weight excluding hydrogens is 222 g/mol. The highest BCUT2D eigenvalue weighted by Crippen LogP contribution is 2.14. The van der Waals surface area contributed by atoms with Gasteiger partial charge >= 0.3 is 0 Å². The molecule has 1 aromatic rings.